The molecule has 0 aromatic heterocycles. The number of anilines is 1. The Morgan fingerprint density at radius 1 is 1.16 bits per heavy atom. The average Bonchev–Trinajstić information content (AvgIpc) is 3.95. The number of aliphatic hydroxyl groups is 3. The second-order valence-electron chi connectivity index (χ2n) is 15.8. The van der Waals surface area contributed by atoms with E-state index in [0.29, 0.717) is 12.1 Å². The van der Waals surface area contributed by atoms with Gasteiger partial charge in [0.15, 0.2) is 0 Å². The van der Waals surface area contributed by atoms with Gasteiger partial charge in [-0.1, -0.05) is 57.2 Å². The lowest BCUT2D eigenvalue weighted by molar-refractivity contribution is -0.157. The molecule has 3 aliphatic rings. The maximum atomic E-state index is 12.9. The van der Waals surface area contributed by atoms with E-state index < -0.39 is 47.5 Å². The molecule has 11 atom stereocenters. The number of carbonyl (C=O) groups excluding carboxylic acids is 2. The van der Waals surface area contributed by atoms with Gasteiger partial charge in [-0.25, -0.2) is 0 Å². The molecule has 0 saturated carbocycles. The Labute approximate surface area is 337 Å². The third-order valence-corrected chi connectivity index (χ3v) is 11.0. The van der Waals surface area contributed by atoms with Crippen molar-refractivity contribution < 1.29 is 58.5 Å². The third-order valence-electron chi connectivity index (χ3n) is 11.0. The molecule has 0 bridgehead atoms. The number of esters is 2. The van der Waals surface area contributed by atoms with E-state index >= 15 is 0 Å². The van der Waals surface area contributed by atoms with Crippen molar-refractivity contribution in [2.45, 2.75) is 135 Å². The second-order valence-corrected chi connectivity index (χ2v) is 15.8. The fraction of sp³-hybridized carbons (Fsp3) is 0.651. The van der Waals surface area contributed by atoms with Gasteiger partial charge in [-0.15, -0.1) is 0 Å². The highest BCUT2D eigenvalue weighted by molar-refractivity contribution is 5.70. The predicted molar refractivity (Wildman–Crippen MR) is 215 cm³/mol. The summed E-state index contributed by atoms with van der Waals surface area (Å²) in [6.45, 7) is 15.9. The average molecular weight is 803 g/mol. The van der Waals surface area contributed by atoms with Crippen molar-refractivity contribution in [2.75, 3.05) is 38.3 Å². The summed E-state index contributed by atoms with van der Waals surface area (Å²) >= 11 is 0. The van der Waals surface area contributed by atoms with Gasteiger partial charge < -0.3 is 54.3 Å². The maximum Gasteiger partial charge on any atom is 0.309 e. The first kappa shape index (κ1) is 47.7. The number of epoxide rings is 1. The monoisotopic (exact) mass is 802 g/mol. The highest BCUT2D eigenvalue weighted by Crippen LogP contribution is 2.39. The Morgan fingerprint density at radius 3 is 2.40 bits per heavy atom. The third kappa shape index (κ3) is 14.6. The number of nitrogens with one attached hydrogen (secondary N) is 1. The first-order valence-corrected chi connectivity index (χ1v) is 19.9. The lowest BCUT2D eigenvalue weighted by Crippen LogP contribution is -2.52. The molecule has 3 unspecified atom stereocenters. The number of nitrogens with zero attached hydrogens (tertiary/aromatic N) is 1. The molecule has 0 radical (unpaired) electrons. The molecule has 3 heterocycles. The number of carbonyl (C=O) groups is 3. The number of benzene rings is 1. The van der Waals surface area contributed by atoms with Crippen LogP contribution in [-0.4, -0.2) is 126 Å². The molecule has 4 rings (SSSR count). The number of rotatable bonds is 14. The number of aliphatic hydroxyl groups excluding tert-OH is 1. The Bertz CT molecular complexity index is 1500. The normalized spacial score (nSPS) is 30.5. The Hall–Kier alpha value is -3.63. The first-order chi connectivity index (χ1) is 27.0. The van der Waals surface area contributed by atoms with Crippen molar-refractivity contribution in [3.8, 4) is 0 Å². The summed E-state index contributed by atoms with van der Waals surface area (Å²) < 4.78 is 28.8. The largest absolute Gasteiger partial charge is 0.483 e. The van der Waals surface area contributed by atoms with Crippen molar-refractivity contribution in [3.05, 3.63) is 65.8 Å². The number of ether oxygens (including phenoxy) is 5. The van der Waals surface area contributed by atoms with Gasteiger partial charge in [-0.05, 0) is 69.4 Å². The fourth-order valence-corrected chi connectivity index (χ4v) is 7.54. The number of methoxy groups -OCH3 is 1. The number of hydrogen-bond donors (Lipinski definition) is 5. The minimum absolute atomic E-state index is 0.0284. The van der Waals surface area contributed by atoms with Gasteiger partial charge in [0.2, 0.25) is 0 Å². The van der Waals surface area contributed by atoms with E-state index in [1.807, 2.05) is 13.8 Å². The molecule has 2 fully saturated rings. The van der Waals surface area contributed by atoms with E-state index in [4.69, 9.17) is 33.6 Å². The molecule has 1 aromatic carbocycles. The van der Waals surface area contributed by atoms with Crippen LogP contribution in [0.15, 0.2) is 60.2 Å². The van der Waals surface area contributed by atoms with Crippen LogP contribution in [0.1, 0.15) is 79.7 Å². The number of hydrogen-bond acceptors (Lipinski definition) is 13. The first-order valence-electron chi connectivity index (χ1n) is 19.9. The summed E-state index contributed by atoms with van der Waals surface area (Å²) in [6, 6.07) is 7.99. The molecule has 0 spiro atoms. The van der Waals surface area contributed by atoms with Crippen LogP contribution in [0.3, 0.4) is 0 Å². The van der Waals surface area contributed by atoms with Gasteiger partial charge in [0, 0.05) is 51.2 Å². The van der Waals surface area contributed by atoms with Gasteiger partial charge in [-0.2, -0.15) is 0 Å². The molecule has 0 aliphatic carbocycles. The van der Waals surface area contributed by atoms with E-state index in [0.717, 1.165) is 44.0 Å². The second kappa shape index (κ2) is 22.5. The SMILES string of the molecule is CC[C@H](OC)[C@@H](C)[C@H]1O[C@@H]1C(NCc1ccc(N2CCOCC2)cc1)C(C)(O)/C=C/C=C(\C)C1OC(=O)C[C@H](O)CC[C@@](C)(O)[C@@H](OC(C)=O)/C=C/[C@@H]1C.O=CO. The van der Waals surface area contributed by atoms with Crippen molar-refractivity contribution in [1.29, 1.82) is 0 Å². The quantitative estimate of drug-likeness (QED) is 0.0593. The van der Waals surface area contributed by atoms with E-state index in [1.165, 1.54) is 6.92 Å². The zero-order chi connectivity index (χ0) is 42.3. The summed E-state index contributed by atoms with van der Waals surface area (Å²) in [6.07, 6.45) is 6.43. The molecule has 1 aromatic rings. The number of cyclic esters (lactones) is 1. The fourth-order valence-electron chi connectivity index (χ4n) is 7.54. The lowest BCUT2D eigenvalue weighted by Gasteiger charge is -2.32. The summed E-state index contributed by atoms with van der Waals surface area (Å²) in [5, 5.41) is 44.2. The van der Waals surface area contributed by atoms with Crippen LogP contribution in [0, 0.1) is 11.8 Å². The Morgan fingerprint density at radius 2 is 1.81 bits per heavy atom. The number of allylic oxidation sites excluding steroid dienone is 2. The van der Waals surface area contributed by atoms with E-state index in [-0.39, 0.29) is 55.9 Å². The minimum atomic E-state index is -1.46. The zero-order valence-corrected chi connectivity index (χ0v) is 34.8. The van der Waals surface area contributed by atoms with Gasteiger partial charge in [-0.3, -0.25) is 14.4 Å². The summed E-state index contributed by atoms with van der Waals surface area (Å²) in [5.74, 6) is -1.37. The van der Waals surface area contributed by atoms with E-state index in [1.54, 1.807) is 51.3 Å². The highest BCUT2D eigenvalue weighted by atomic mass is 16.6. The van der Waals surface area contributed by atoms with E-state index in [2.05, 4.69) is 48.3 Å². The van der Waals surface area contributed by atoms with Crippen LogP contribution in [0.5, 0.6) is 0 Å². The van der Waals surface area contributed by atoms with Crippen molar-refractivity contribution >= 4 is 24.1 Å². The topological polar surface area (TPSA) is 197 Å². The van der Waals surface area contributed by atoms with Crippen LogP contribution >= 0.6 is 0 Å². The van der Waals surface area contributed by atoms with Crippen molar-refractivity contribution in [1.82, 2.24) is 5.32 Å². The van der Waals surface area contributed by atoms with Crippen LogP contribution in [0.2, 0.25) is 0 Å². The molecule has 14 nitrogen and oxygen atoms in total. The van der Waals surface area contributed by atoms with Gasteiger partial charge in [0.05, 0.1) is 49.6 Å². The molecule has 57 heavy (non-hydrogen) atoms. The van der Waals surface area contributed by atoms with E-state index in [9.17, 15) is 24.9 Å². The van der Waals surface area contributed by atoms with Crippen LogP contribution < -0.4 is 10.2 Å². The Balaban J connectivity index is 0.00000281. The molecular weight excluding hydrogens is 736 g/mol. The standard InChI is InChI=1S/C42H64N2O10.CH2O2/c1-9-34(50-8)29(4)38-39(54-38)40(43-26-31-13-15-32(16-14-31)44-21-23-51-24-22-44)42(7,49)19-10-11-27(2)37-28(3)12-17-35(52-30(5)45)41(6,48)20-18-33(46)25-36(47)53-37;2-1-3/h10-17,19,28-29,33-35,37-40,43,46,48-49H,9,18,20-26H2,1-8H3;1H,(H,2,3)/b17-12+,19-10+,27-11+;/t28-,29+,33+,34-,35-,37?,38+,39-,40?,41+,42?;/m0./s1. The van der Waals surface area contributed by atoms with Crippen LogP contribution in [-0.2, 0) is 44.6 Å². The molecule has 3 aliphatic heterocycles. The van der Waals surface area contributed by atoms with Crippen molar-refractivity contribution in [2.24, 2.45) is 11.8 Å². The van der Waals surface area contributed by atoms with Gasteiger partial charge in [0.25, 0.3) is 6.47 Å². The van der Waals surface area contributed by atoms with Crippen molar-refractivity contribution in [3.63, 3.8) is 0 Å². The summed E-state index contributed by atoms with van der Waals surface area (Å²) in [7, 11) is 1.71. The summed E-state index contributed by atoms with van der Waals surface area (Å²) in [5.41, 5.74) is 0.125. The lowest BCUT2D eigenvalue weighted by atomic mass is 9.87. The number of morpholine rings is 1. The van der Waals surface area contributed by atoms with Crippen LogP contribution in [0.25, 0.3) is 0 Å². The maximum absolute atomic E-state index is 12.9. The predicted octanol–water partition coefficient (Wildman–Crippen LogP) is 4.10. The summed E-state index contributed by atoms with van der Waals surface area (Å²) in [4.78, 5) is 35.5. The molecular formula is C43H66N2O12. The Kier molecular flexibility index (Phi) is 18.8. The smallest absolute Gasteiger partial charge is 0.309 e. The molecule has 5 N–H and O–H groups in total. The minimum Gasteiger partial charge on any atom is -0.483 e. The van der Waals surface area contributed by atoms with Gasteiger partial charge in [0.1, 0.15) is 23.9 Å². The molecule has 0 amide bonds. The zero-order valence-electron chi connectivity index (χ0n) is 34.8. The number of carboxylic acid groups (broad SMARTS) is 1. The highest BCUT2D eigenvalue weighted by Gasteiger charge is 2.54. The molecule has 320 valence electrons. The van der Waals surface area contributed by atoms with Crippen LogP contribution in [0.4, 0.5) is 5.69 Å². The molecule has 14 heteroatoms. The molecule has 2 saturated heterocycles. The van der Waals surface area contributed by atoms with Gasteiger partial charge >= 0.3 is 11.9 Å².